The molecule has 0 heterocycles. The van der Waals surface area contributed by atoms with Crippen LogP contribution in [0.5, 0.6) is 0 Å². The van der Waals surface area contributed by atoms with Crippen LogP contribution in [0, 0.1) is 5.41 Å². The van der Waals surface area contributed by atoms with Gasteiger partial charge < -0.3 is 4.52 Å². The molecule has 0 saturated heterocycles. The highest BCUT2D eigenvalue weighted by Gasteiger charge is 2.41. The Morgan fingerprint density at radius 1 is 0.955 bits per heavy atom. The minimum atomic E-state index is -3.07. The van der Waals surface area contributed by atoms with Crippen molar-refractivity contribution >= 4 is 39.5 Å². The number of halogens is 2. The van der Waals surface area contributed by atoms with E-state index in [0.717, 1.165) is 10.7 Å². The number of rotatable bonds is 10. The summed E-state index contributed by atoms with van der Waals surface area (Å²) in [5.74, 6) is 0. The maximum atomic E-state index is 13.9. The Balaban J connectivity index is 5.64. The van der Waals surface area contributed by atoms with Crippen molar-refractivity contribution in [3.63, 3.8) is 0 Å². The first kappa shape index (κ1) is 23.1. The van der Waals surface area contributed by atoms with Crippen molar-refractivity contribution in [1.82, 2.24) is 9.34 Å². The summed E-state index contributed by atoms with van der Waals surface area (Å²) in [4.78, 5) is 0. The Hall–Kier alpha value is 1.07. The molecule has 0 amide bonds. The summed E-state index contributed by atoms with van der Waals surface area (Å²) in [6.07, 6.45) is 0. The Labute approximate surface area is 154 Å². The Morgan fingerprint density at radius 3 is 1.55 bits per heavy atom. The molecule has 7 heteroatoms. The summed E-state index contributed by atoms with van der Waals surface area (Å²) in [6, 6.07) is 0.305. The summed E-state index contributed by atoms with van der Waals surface area (Å²) in [6.45, 7) is 16.5. The molecular formula is C15H33Br2N2O2P. The van der Waals surface area contributed by atoms with Crippen LogP contribution in [0.2, 0.25) is 0 Å². The molecule has 0 radical (unpaired) electrons. The molecular weight excluding hydrogens is 431 g/mol. The second-order valence-electron chi connectivity index (χ2n) is 7.22. The third-order valence-corrected chi connectivity index (χ3v) is 6.93. The Kier molecular flexibility index (Phi) is 10.6. The van der Waals surface area contributed by atoms with E-state index in [1.165, 1.54) is 0 Å². The lowest BCUT2D eigenvalue weighted by Gasteiger charge is -2.42. The average molecular weight is 464 g/mol. The van der Waals surface area contributed by atoms with Crippen LogP contribution in [0.4, 0.5) is 0 Å². The lowest BCUT2D eigenvalue weighted by molar-refractivity contribution is 0.138. The van der Waals surface area contributed by atoms with E-state index in [9.17, 15) is 4.57 Å². The maximum absolute atomic E-state index is 13.9. The second-order valence-corrected chi connectivity index (χ2v) is 11.1. The molecule has 0 aromatic heterocycles. The molecule has 0 rings (SSSR count). The van der Waals surface area contributed by atoms with Gasteiger partial charge in [-0.1, -0.05) is 52.6 Å². The molecule has 22 heavy (non-hydrogen) atoms. The van der Waals surface area contributed by atoms with Gasteiger partial charge in [0.15, 0.2) is 0 Å². The Bertz CT molecular complexity index is 338. The molecule has 0 spiro atoms. The van der Waals surface area contributed by atoms with Gasteiger partial charge in [-0.3, -0.25) is 4.57 Å². The monoisotopic (exact) mass is 462 g/mol. The Morgan fingerprint density at radius 2 is 1.32 bits per heavy atom. The molecule has 0 aliphatic carbocycles. The molecule has 0 fully saturated rings. The molecule has 0 N–H and O–H groups in total. The van der Waals surface area contributed by atoms with Gasteiger partial charge in [-0.05, 0) is 33.1 Å². The zero-order valence-electron chi connectivity index (χ0n) is 15.1. The summed E-state index contributed by atoms with van der Waals surface area (Å²) < 4.78 is 24.0. The number of hydrogen-bond acceptors (Lipinski definition) is 2. The highest BCUT2D eigenvalue weighted by Crippen LogP contribution is 2.57. The molecule has 0 saturated carbocycles. The van der Waals surface area contributed by atoms with E-state index < -0.39 is 7.67 Å². The maximum Gasteiger partial charge on any atom is 0.346 e. The van der Waals surface area contributed by atoms with Crippen molar-refractivity contribution in [2.75, 3.05) is 30.4 Å². The number of hydrogen-bond donors (Lipinski definition) is 0. The zero-order chi connectivity index (χ0) is 17.6. The van der Waals surface area contributed by atoms with Crippen LogP contribution in [0.25, 0.3) is 0 Å². The zero-order valence-corrected chi connectivity index (χ0v) is 19.2. The van der Waals surface area contributed by atoms with Gasteiger partial charge in [-0.25, -0.2) is 9.34 Å². The van der Waals surface area contributed by atoms with Crippen LogP contribution in [0.15, 0.2) is 0 Å². The molecule has 4 nitrogen and oxygen atoms in total. The topological polar surface area (TPSA) is 32.8 Å². The SMILES string of the molecule is CC(C)N(CCBr)P(=O)(OCC(C)(C)C)N(CCBr)C(C)C. The van der Waals surface area contributed by atoms with Crippen molar-refractivity contribution in [2.45, 2.75) is 60.5 Å². The first-order chi connectivity index (χ1) is 9.99. The van der Waals surface area contributed by atoms with E-state index in [-0.39, 0.29) is 17.5 Å². The van der Waals surface area contributed by atoms with Gasteiger partial charge in [0.05, 0.1) is 6.61 Å². The van der Waals surface area contributed by atoms with Crippen LogP contribution in [0.3, 0.4) is 0 Å². The highest BCUT2D eigenvalue weighted by molar-refractivity contribution is 9.09. The predicted molar refractivity (Wildman–Crippen MR) is 104 cm³/mol. The van der Waals surface area contributed by atoms with Gasteiger partial charge in [-0.15, -0.1) is 0 Å². The molecule has 0 aromatic rings. The van der Waals surface area contributed by atoms with E-state index in [1.54, 1.807) is 0 Å². The van der Waals surface area contributed by atoms with Crippen LogP contribution >= 0.6 is 39.5 Å². The fraction of sp³-hybridized carbons (Fsp3) is 1.00. The minimum absolute atomic E-state index is 0.0240. The first-order valence-electron chi connectivity index (χ1n) is 7.90. The van der Waals surface area contributed by atoms with Crippen molar-refractivity contribution in [3.05, 3.63) is 0 Å². The quantitative estimate of drug-likeness (QED) is 0.322. The molecule has 0 unspecified atom stereocenters. The van der Waals surface area contributed by atoms with Gasteiger partial charge >= 0.3 is 7.67 Å². The molecule has 0 bridgehead atoms. The first-order valence-corrected chi connectivity index (χ1v) is 11.7. The van der Waals surface area contributed by atoms with Gasteiger partial charge in [0.1, 0.15) is 0 Å². The summed E-state index contributed by atoms with van der Waals surface area (Å²) in [5, 5.41) is 1.54. The lowest BCUT2D eigenvalue weighted by atomic mass is 9.99. The smallest absolute Gasteiger partial charge is 0.305 e. The van der Waals surface area contributed by atoms with E-state index in [4.69, 9.17) is 4.52 Å². The average Bonchev–Trinajstić information content (AvgIpc) is 2.38. The summed E-state index contributed by atoms with van der Waals surface area (Å²) in [5.41, 5.74) is -0.0240. The van der Waals surface area contributed by atoms with E-state index in [2.05, 4.69) is 80.3 Å². The van der Waals surface area contributed by atoms with E-state index in [1.807, 2.05) is 9.34 Å². The summed E-state index contributed by atoms with van der Waals surface area (Å²) in [7, 11) is -3.07. The van der Waals surface area contributed by atoms with Crippen molar-refractivity contribution < 1.29 is 9.09 Å². The lowest BCUT2D eigenvalue weighted by Crippen LogP contribution is -2.42. The van der Waals surface area contributed by atoms with Gasteiger partial charge in [-0.2, -0.15) is 0 Å². The highest BCUT2D eigenvalue weighted by atomic mass is 79.9. The minimum Gasteiger partial charge on any atom is -0.305 e. The summed E-state index contributed by atoms with van der Waals surface area (Å²) >= 11 is 6.96. The fourth-order valence-electron chi connectivity index (χ4n) is 2.10. The molecule has 0 aliphatic rings. The van der Waals surface area contributed by atoms with E-state index >= 15 is 0 Å². The van der Waals surface area contributed by atoms with Gasteiger partial charge in [0.25, 0.3) is 0 Å². The van der Waals surface area contributed by atoms with Gasteiger partial charge in [0, 0.05) is 35.8 Å². The molecule has 0 aliphatic heterocycles. The molecule has 134 valence electrons. The van der Waals surface area contributed by atoms with Crippen LogP contribution in [-0.4, -0.2) is 51.8 Å². The fourth-order valence-corrected chi connectivity index (χ4v) is 6.43. The third kappa shape index (κ3) is 7.31. The second kappa shape index (κ2) is 10.1. The largest absolute Gasteiger partial charge is 0.346 e. The van der Waals surface area contributed by atoms with Crippen molar-refractivity contribution in [1.29, 1.82) is 0 Å². The van der Waals surface area contributed by atoms with Crippen LogP contribution in [0.1, 0.15) is 48.5 Å². The van der Waals surface area contributed by atoms with Crippen LogP contribution in [-0.2, 0) is 9.09 Å². The van der Waals surface area contributed by atoms with Gasteiger partial charge in [0.2, 0.25) is 0 Å². The predicted octanol–water partition coefficient (Wildman–Crippen LogP) is 5.37. The number of alkyl halides is 2. The van der Waals surface area contributed by atoms with Crippen molar-refractivity contribution in [3.8, 4) is 0 Å². The number of nitrogens with zero attached hydrogens (tertiary/aromatic N) is 2. The normalized spacial score (nSPS) is 13.9. The van der Waals surface area contributed by atoms with E-state index in [0.29, 0.717) is 19.7 Å². The van der Waals surface area contributed by atoms with Crippen molar-refractivity contribution in [2.24, 2.45) is 5.41 Å². The standard InChI is InChI=1S/C15H33Br2N2O2P/c1-13(2)18(10-8-16)22(20,21-12-15(5,6)7)19(11-9-17)14(3)4/h13-14H,8-12H2,1-7H3. The molecule has 0 atom stereocenters. The van der Waals surface area contributed by atoms with Crippen LogP contribution < -0.4 is 0 Å². The third-order valence-electron chi connectivity index (χ3n) is 3.13. The molecule has 0 aromatic carbocycles.